The molecule has 3 N–H and O–H groups in total. The summed E-state index contributed by atoms with van der Waals surface area (Å²) in [6.45, 7) is 6.67. The highest BCUT2D eigenvalue weighted by atomic mass is 16.5. The van der Waals surface area contributed by atoms with Crippen molar-refractivity contribution < 1.29 is 9.94 Å². The maximum absolute atomic E-state index is 8.87. The molecule has 1 atom stereocenters. The van der Waals surface area contributed by atoms with Gasteiger partial charge in [-0.1, -0.05) is 36.3 Å². The van der Waals surface area contributed by atoms with Gasteiger partial charge in [0.05, 0.1) is 6.61 Å². The molecule has 0 heterocycles. The fourth-order valence-corrected chi connectivity index (χ4v) is 2.10. The molecule has 0 aliphatic heterocycles. The van der Waals surface area contributed by atoms with Gasteiger partial charge in [0.15, 0.2) is 5.84 Å². The largest absolute Gasteiger partial charge is 0.409 e. The van der Waals surface area contributed by atoms with Crippen LogP contribution >= 0.6 is 0 Å². The number of benzene rings is 1. The molecular weight excluding hydrogens is 254 g/mol. The summed E-state index contributed by atoms with van der Waals surface area (Å²) in [6, 6.07) is 8.18. The van der Waals surface area contributed by atoms with Gasteiger partial charge in [-0.25, -0.2) is 0 Å². The van der Waals surface area contributed by atoms with E-state index in [0.717, 1.165) is 30.6 Å². The zero-order valence-electron chi connectivity index (χ0n) is 12.5. The fraction of sp³-hybridized carbons (Fsp3) is 0.533. The number of nitrogens with two attached hydrogens (primary N) is 1. The summed E-state index contributed by atoms with van der Waals surface area (Å²) in [4.78, 5) is 2.34. The van der Waals surface area contributed by atoms with Crippen LogP contribution in [0.4, 0.5) is 0 Å². The molecule has 0 saturated heterocycles. The molecular formula is C15H25N3O2. The second kappa shape index (κ2) is 8.55. The molecule has 5 nitrogen and oxygen atoms in total. The monoisotopic (exact) mass is 279 g/mol. The van der Waals surface area contributed by atoms with E-state index in [9.17, 15) is 0 Å². The number of methoxy groups -OCH3 is 1. The van der Waals surface area contributed by atoms with Gasteiger partial charge in [0, 0.05) is 31.8 Å². The molecule has 0 aliphatic rings. The van der Waals surface area contributed by atoms with Crippen molar-refractivity contribution in [2.24, 2.45) is 10.9 Å². The van der Waals surface area contributed by atoms with Gasteiger partial charge in [-0.05, 0) is 18.9 Å². The van der Waals surface area contributed by atoms with Gasteiger partial charge in [-0.3, -0.25) is 4.90 Å². The zero-order valence-corrected chi connectivity index (χ0v) is 12.5. The van der Waals surface area contributed by atoms with Crippen LogP contribution in [0.15, 0.2) is 29.4 Å². The summed E-state index contributed by atoms with van der Waals surface area (Å²) >= 11 is 0. The lowest BCUT2D eigenvalue weighted by Crippen LogP contribution is -2.35. The molecule has 112 valence electrons. The maximum atomic E-state index is 8.87. The number of nitrogens with zero attached hydrogens (tertiary/aromatic N) is 2. The van der Waals surface area contributed by atoms with Crippen molar-refractivity contribution in [3.8, 4) is 0 Å². The Morgan fingerprint density at radius 2 is 2.15 bits per heavy atom. The third-order valence-electron chi connectivity index (χ3n) is 3.57. The predicted octanol–water partition coefficient (Wildman–Crippen LogP) is 2.03. The lowest BCUT2D eigenvalue weighted by molar-refractivity contribution is 0.118. The normalized spacial score (nSPS) is 13.7. The van der Waals surface area contributed by atoms with Gasteiger partial charge in [0.2, 0.25) is 0 Å². The predicted molar refractivity (Wildman–Crippen MR) is 81.0 cm³/mol. The van der Waals surface area contributed by atoms with Gasteiger partial charge < -0.3 is 15.7 Å². The van der Waals surface area contributed by atoms with Gasteiger partial charge in [-0.2, -0.15) is 0 Å². The third kappa shape index (κ3) is 4.51. The molecule has 0 amide bonds. The highest BCUT2D eigenvalue weighted by Gasteiger charge is 2.15. The first-order valence-electron chi connectivity index (χ1n) is 6.92. The summed E-state index contributed by atoms with van der Waals surface area (Å²) < 4.78 is 5.17. The Kier molecular flexibility index (Phi) is 7.04. The molecule has 0 aromatic heterocycles. The van der Waals surface area contributed by atoms with Crippen molar-refractivity contribution in [3.05, 3.63) is 35.4 Å². The maximum Gasteiger partial charge on any atom is 0.170 e. The average Bonchev–Trinajstić information content (AvgIpc) is 2.50. The van der Waals surface area contributed by atoms with Crippen molar-refractivity contribution in [2.75, 3.05) is 20.3 Å². The Morgan fingerprint density at radius 1 is 1.45 bits per heavy atom. The van der Waals surface area contributed by atoms with Gasteiger partial charge in [0.25, 0.3) is 0 Å². The van der Waals surface area contributed by atoms with Crippen LogP contribution in [0.5, 0.6) is 0 Å². The first kappa shape index (κ1) is 16.5. The van der Waals surface area contributed by atoms with Crippen molar-refractivity contribution in [1.29, 1.82) is 0 Å². The summed E-state index contributed by atoms with van der Waals surface area (Å²) in [5.41, 5.74) is 7.57. The number of amidine groups is 1. The van der Waals surface area contributed by atoms with E-state index in [4.69, 9.17) is 15.7 Å². The van der Waals surface area contributed by atoms with E-state index in [1.165, 1.54) is 0 Å². The molecule has 1 rings (SSSR count). The topological polar surface area (TPSA) is 71.1 Å². The van der Waals surface area contributed by atoms with Crippen LogP contribution < -0.4 is 5.73 Å². The minimum Gasteiger partial charge on any atom is -0.409 e. The molecule has 0 fully saturated rings. The van der Waals surface area contributed by atoms with Crippen molar-refractivity contribution >= 4 is 5.84 Å². The first-order valence-corrected chi connectivity index (χ1v) is 6.92. The standard InChI is InChI=1S/C15H25N3O2/c1-4-12(2)18(9-10-20-3)11-13-7-5-6-8-14(13)15(16)17-19/h5-8,12,19H,4,9-11H2,1-3H3,(H2,16,17). The molecule has 0 bridgehead atoms. The molecule has 0 radical (unpaired) electrons. The van der Waals surface area contributed by atoms with Crippen LogP contribution in [0.2, 0.25) is 0 Å². The Bertz CT molecular complexity index is 435. The molecule has 0 saturated carbocycles. The zero-order chi connectivity index (χ0) is 15.0. The summed E-state index contributed by atoms with van der Waals surface area (Å²) in [6.07, 6.45) is 1.06. The number of hydrogen-bond donors (Lipinski definition) is 2. The van der Waals surface area contributed by atoms with Crippen LogP contribution in [-0.4, -0.2) is 42.2 Å². The van der Waals surface area contributed by atoms with E-state index >= 15 is 0 Å². The Morgan fingerprint density at radius 3 is 2.75 bits per heavy atom. The quantitative estimate of drug-likeness (QED) is 0.330. The first-order chi connectivity index (χ1) is 9.63. The molecule has 1 aromatic carbocycles. The minimum atomic E-state index is 0.149. The SMILES string of the molecule is CCC(C)N(CCOC)Cc1ccccc1C(N)=NO. The number of hydrogen-bond acceptors (Lipinski definition) is 4. The molecule has 1 aromatic rings. The molecule has 0 aliphatic carbocycles. The van der Waals surface area contributed by atoms with E-state index in [1.807, 2.05) is 24.3 Å². The van der Waals surface area contributed by atoms with Crippen LogP contribution in [-0.2, 0) is 11.3 Å². The average molecular weight is 279 g/mol. The van der Waals surface area contributed by atoms with Gasteiger partial charge in [-0.15, -0.1) is 0 Å². The molecule has 1 unspecified atom stereocenters. The van der Waals surface area contributed by atoms with Crippen molar-refractivity contribution in [2.45, 2.75) is 32.9 Å². The number of rotatable bonds is 8. The highest BCUT2D eigenvalue weighted by molar-refractivity contribution is 5.98. The van der Waals surface area contributed by atoms with E-state index < -0.39 is 0 Å². The van der Waals surface area contributed by atoms with Crippen molar-refractivity contribution in [1.82, 2.24) is 4.90 Å². The Labute approximate surface area is 121 Å². The lowest BCUT2D eigenvalue weighted by Gasteiger charge is -2.28. The molecule has 5 heteroatoms. The molecule has 20 heavy (non-hydrogen) atoms. The number of oxime groups is 1. The Hall–Kier alpha value is -1.59. The van der Waals surface area contributed by atoms with Crippen molar-refractivity contribution in [3.63, 3.8) is 0 Å². The highest BCUT2D eigenvalue weighted by Crippen LogP contribution is 2.14. The Balaban J connectivity index is 2.92. The van der Waals surface area contributed by atoms with Crippen LogP contribution in [0.3, 0.4) is 0 Å². The fourth-order valence-electron chi connectivity index (χ4n) is 2.10. The number of ether oxygens (including phenoxy) is 1. The summed E-state index contributed by atoms with van der Waals surface area (Å²) in [7, 11) is 1.71. The smallest absolute Gasteiger partial charge is 0.170 e. The molecule has 0 spiro atoms. The second-order valence-corrected chi connectivity index (χ2v) is 4.86. The van der Waals surface area contributed by atoms with Crippen LogP contribution in [0.1, 0.15) is 31.4 Å². The van der Waals surface area contributed by atoms with E-state index in [-0.39, 0.29) is 5.84 Å². The lowest BCUT2D eigenvalue weighted by atomic mass is 10.0. The van der Waals surface area contributed by atoms with Gasteiger partial charge >= 0.3 is 0 Å². The summed E-state index contributed by atoms with van der Waals surface area (Å²) in [5, 5.41) is 12.0. The van der Waals surface area contributed by atoms with E-state index in [0.29, 0.717) is 12.6 Å². The van der Waals surface area contributed by atoms with Crippen LogP contribution in [0, 0.1) is 0 Å². The van der Waals surface area contributed by atoms with Gasteiger partial charge in [0.1, 0.15) is 0 Å². The third-order valence-corrected chi connectivity index (χ3v) is 3.57. The second-order valence-electron chi connectivity index (χ2n) is 4.86. The van der Waals surface area contributed by atoms with Crippen LogP contribution in [0.25, 0.3) is 0 Å². The van der Waals surface area contributed by atoms with E-state index in [2.05, 4.69) is 23.9 Å². The summed E-state index contributed by atoms with van der Waals surface area (Å²) in [5.74, 6) is 0.149. The minimum absolute atomic E-state index is 0.149. The van der Waals surface area contributed by atoms with E-state index in [1.54, 1.807) is 7.11 Å².